The summed E-state index contributed by atoms with van der Waals surface area (Å²) in [4.78, 5) is 4.61. The van der Waals surface area contributed by atoms with E-state index in [9.17, 15) is 13.5 Å². The molecule has 0 saturated carbocycles. The van der Waals surface area contributed by atoms with Crippen molar-refractivity contribution in [3.63, 3.8) is 0 Å². The summed E-state index contributed by atoms with van der Waals surface area (Å²) in [6.07, 6.45) is 1.92. The van der Waals surface area contributed by atoms with Crippen LogP contribution < -0.4 is 4.31 Å². The number of sulfonamides is 1. The predicted molar refractivity (Wildman–Crippen MR) is 115 cm³/mol. The summed E-state index contributed by atoms with van der Waals surface area (Å²) in [6, 6.07) is 7.17. The van der Waals surface area contributed by atoms with E-state index in [-0.39, 0.29) is 50.8 Å². The predicted octanol–water partition coefficient (Wildman–Crippen LogP) is 4.82. The van der Waals surface area contributed by atoms with E-state index < -0.39 is 10.0 Å². The maximum Gasteiger partial charge on any atom is 0.269 e. The van der Waals surface area contributed by atoms with Gasteiger partial charge in [-0.3, -0.25) is 0 Å². The van der Waals surface area contributed by atoms with Crippen LogP contribution in [0.3, 0.4) is 0 Å². The number of aromatic nitrogens is 1. The number of fused-ring (bicyclic) bond motifs is 1. The molecule has 1 aliphatic heterocycles. The van der Waals surface area contributed by atoms with Gasteiger partial charge in [0.1, 0.15) is 9.78 Å². The summed E-state index contributed by atoms with van der Waals surface area (Å²) >= 11 is 2.81. The molecule has 9 heteroatoms. The summed E-state index contributed by atoms with van der Waals surface area (Å²) < 4.78 is 27.5. The normalized spacial score (nSPS) is 14.3. The van der Waals surface area contributed by atoms with Gasteiger partial charge in [0.05, 0.1) is 5.51 Å². The van der Waals surface area contributed by atoms with E-state index in [4.69, 9.17) is 0 Å². The van der Waals surface area contributed by atoms with Crippen molar-refractivity contribution in [1.29, 1.82) is 0 Å². The molecule has 0 bridgehead atoms. The SMILES string of the molecule is CC.CSCCN1c2ncsc2C(O)=C(c2ccccc2C)S1(=O)=O.[CH3-].[Y]. The molecule has 147 valence electrons. The smallest absolute Gasteiger partial charge is 0.269 e. The van der Waals surface area contributed by atoms with Crippen LogP contribution in [0.25, 0.3) is 10.7 Å². The van der Waals surface area contributed by atoms with Crippen molar-refractivity contribution in [2.24, 2.45) is 0 Å². The molecule has 0 aliphatic carbocycles. The second-order valence-electron chi connectivity index (χ2n) is 5.07. The molecule has 0 amide bonds. The summed E-state index contributed by atoms with van der Waals surface area (Å²) in [7, 11) is -3.85. The Balaban J connectivity index is 0.00000164. The Bertz CT molecular complexity index is 879. The number of nitrogens with zero attached hydrogens (tertiary/aromatic N) is 2. The van der Waals surface area contributed by atoms with Gasteiger partial charge in [0.15, 0.2) is 11.6 Å². The van der Waals surface area contributed by atoms with Crippen LogP contribution in [-0.4, -0.2) is 37.1 Å². The standard InChI is InChI=1S/C15H16N2O3S3.C2H6.CH3.Y/c1-10-5-3-4-6-11(10)14-12(18)13-15(16-9-22-13)17(7-8-21-2)23(14,19)20;1-2;;/h3-6,9,18H,7-8H2,1-2H3;1-2H3;1H3;/q;;-1;. The summed E-state index contributed by atoms with van der Waals surface area (Å²) in [5.41, 5.74) is 2.89. The van der Waals surface area contributed by atoms with Crippen LogP contribution in [0.1, 0.15) is 29.9 Å². The number of benzene rings is 1. The molecule has 1 aromatic heterocycles. The fraction of sp³-hybridized carbons (Fsp3) is 0.333. The number of rotatable bonds is 4. The van der Waals surface area contributed by atoms with Gasteiger partial charge in [0.2, 0.25) is 0 Å². The Morgan fingerprint density at radius 2 is 1.89 bits per heavy atom. The zero-order valence-electron chi connectivity index (χ0n) is 16.3. The molecule has 0 saturated heterocycles. The quantitative estimate of drug-likeness (QED) is 0.607. The van der Waals surface area contributed by atoms with E-state index >= 15 is 0 Å². The number of thiazole rings is 1. The first-order valence-electron chi connectivity index (χ1n) is 7.93. The molecule has 2 heterocycles. The number of thioether (sulfide) groups is 1. The Labute approximate surface area is 196 Å². The average molecular weight is 503 g/mol. The molecule has 1 aliphatic rings. The van der Waals surface area contributed by atoms with E-state index in [1.165, 1.54) is 15.6 Å². The molecule has 3 rings (SSSR count). The first-order valence-corrected chi connectivity index (χ1v) is 11.6. The molecule has 27 heavy (non-hydrogen) atoms. The van der Waals surface area contributed by atoms with E-state index in [2.05, 4.69) is 4.98 Å². The van der Waals surface area contributed by atoms with Crippen molar-refractivity contribution in [2.75, 3.05) is 22.9 Å². The number of anilines is 1. The van der Waals surface area contributed by atoms with Crippen molar-refractivity contribution < 1.29 is 46.2 Å². The fourth-order valence-electron chi connectivity index (χ4n) is 2.52. The van der Waals surface area contributed by atoms with E-state index in [0.29, 0.717) is 28.6 Å². The van der Waals surface area contributed by atoms with Gasteiger partial charge in [-0.15, -0.1) is 11.3 Å². The van der Waals surface area contributed by atoms with Crippen LogP contribution in [0, 0.1) is 14.4 Å². The van der Waals surface area contributed by atoms with Gasteiger partial charge in [0, 0.05) is 50.6 Å². The molecule has 0 atom stereocenters. The minimum absolute atomic E-state index is 0. The minimum atomic E-state index is -3.85. The van der Waals surface area contributed by atoms with Crippen LogP contribution >= 0.6 is 23.1 Å². The Morgan fingerprint density at radius 3 is 2.48 bits per heavy atom. The zero-order valence-corrected chi connectivity index (χ0v) is 21.5. The molecule has 0 unspecified atom stereocenters. The number of hydrogen-bond donors (Lipinski definition) is 1. The molecule has 1 N–H and O–H groups in total. The van der Waals surface area contributed by atoms with Gasteiger partial charge in [-0.2, -0.15) is 11.8 Å². The van der Waals surface area contributed by atoms with E-state index in [1.807, 2.05) is 39.2 Å². The van der Waals surface area contributed by atoms with Gasteiger partial charge in [-0.1, -0.05) is 38.1 Å². The maximum absolute atomic E-state index is 13.1. The second kappa shape index (κ2) is 11.6. The van der Waals surface area contributed by atoms with E-state index in [0.717, 1.165) is 5.56 Å². The summed E-state index contributed by atoms with van der Waals surface area (Å²) in [5, 5.41) is 10.6. The van der Waals surface area contributed by atoms with Gasteiger partial charge in [0.25, 0.3) is 10.0 Å². The van der Waals surface area contributed by atoms with Crippen LogP contribution in [-0.2, 0) is 42.7 Å². The number of hydrogen-bond acceptors (Lipinski definition) is 6. The summed E-state index contributed by atoms with van der Waals surface area (Å²) in [5.74, 6) is 0.758. The molecule has 2 aromatic rings. The van der Waals surface area contributed by atoms with Crippen LogP contribution in [0.15, 0.2) is 29.8 Å². The maximum atomic E-state index is 13.1. The monoisotopic (exact) mass is 502 g/mol. The number of aryl methyl sites for hydroxylation is 1. The third-order valence-corrected chi connectivity index (χ3v) is 6.93. The third-order valence-electron chi connectivity index (χ3n) is 3.65. The van der Waals surface area contributed by atoms with Crippen LogP contribution in [0.2, 0.25) is 0 Å². The Morgan fingerprint density at radius 1 is 1.26 bits per heavy atom. The Kier molecular flexibility index (Phi) is 11.4. The van der Waals surface area contributed by atoms with Gasteiger partial charge in [-0.25, -0.2) is 17.7 Å². The molecule has 0 spiro atoms. The van der Waals surface area contributed by atoms with Gasteiger partial charge >= 0.3 is 0 Å². The minimum Gasteiger partial charge on any atom is -0.505 e. The molecule has 1 aromatic carbocycles. The second-order valence-corrected chi connectivity index (χ2v) is 8.71. The Hall–Kier alpha value is -0.406. The molecule has 0 fully saturated rings. The summed E-state index contributed by atoms with van der Waals surface area (Å²) in [6.45, 7) is 6.16. The number of aliphatic hydroxyl groups excluding tert-OH is 1. The first kappa shape index (κ1) is 26.6. The van der Waals surface area contributed by atoms with Gasteiger partial charge in [-0.05, 0) is 18.7 Å². The van der Waals surface area contributed by atoms with Crippen molar-refractivity contribution in [3.05, 3.63) is 53.2 Å². The van der Waals surface area contributed by atoms with Crippen LogP contribution in [0.5, 0.6) is 0 Å². The van der Waals surface area contributed by atoms with Crippen molar-refractivity contribution in [2.45, 2.75) is 20.8 Å². The number of aliphatic hydroxyl groups is 1. The average Bonchev–Trinajstić information content (AvgIpc) is 3.07. The van der Waals surface area contributed by atoms with Crippen molar-refractivity contribution in [3.8, 4) is 0 Å². The molecular formula is C18H25N2O3S3Y-. The van der Waals surface area contributed by atoms with Gasteiger partial charge < -0.3 is 12.5 Å². The van der Waals surface area contributed by atoms with Crippen LogP contribution in [0.4, 0.5) is 5.82 Å². The van der Waals surface area contributed by atoms with Crippen molar-refractivity contribution in [1.82, 2.24) is 4.98 Å². The largest absolute Gasteiger partial charge is 0.505 e. The molecule has 5 nitrogen and oxygen atoms in total. The molecular weight excluding hydrogens is 477 g/mol. The third kappa shape index (κ3) is 5.15. The molecule has 1 radical (unpaired) electrons. The first-order chi connectivity index (χ1) is 12.0. The topological polar surface area (TPSA) is 70.5 Å². The fourth-order valence-corrected chi connectivity index (χ4v) is 5.64. The van der Waals surface area contributed by atoms with Crippen molar-refractivity contribution >= 4 is 49.6 Å². The van der Waals surface area contributed by atoms with E-state index in [1.54, 1.807) is 29.4 Å². The zero-order chi connectivity index (χ0) is 18.6.